The largest absolute Gasteiger partial charge is 0.359 e. The average molecular weight is 443 g/mol. The Morgan fingerprint density at radius 1 is 0.853 bits per heavy atom. The molecule has 4 aromatic rings. The monoisotopic (exact) mass is 442 g/mol. The lowest BCUT2D eigenvalue weighted by Crippen LogP contribution is -2.23. The Bertz CT molecular complexity index is 1490. The van der Waals surface area contributed by atoms with E-state index in [4.69, 9.17) is 9.97 Å². The smallest absolute Gasteiger partial charge is 0.0873 e. The maximum absolute atomic E-state index is 4.77. The number of nitrogens with zero attached hydrogens (tertiary/aromatic N) is 2. The van der Waals surface area contributed by atoms with Gasteiger partial charge >= 0.3 is 0 Å². The molecule has 0 aliphatic carbocycles. The van der Waals surface area contributed by atoms with Crippen molar-refractivity contribution in [1.82, 2.24) is 20.6 Å². The fourth-order valence-electron chi connectivity index (χ4n) is 4.75. The minimum atomic E-state index is 0.931. The third-order valence-corrected chi connectivity index (χ3v) is 6.53. The second-order valence-electron chi connectivity index (χ2n) is 8.86. The van der Waals surface area contributed by atoms with Crippen LogP contribution >= 0.6 is 0 Å². The van der Waals surface area contributed by atoms with Gasteiger partial charge in [-0.25, -0.2) is 0 Å². The molecule has 0 saturated carbocycles. The van der Waals surface area contributed by atoms with Gasteiger partial charge in [-0.3, -0.25) is 9.97 Å². The molecule has 0 atom stereocenters. The highest BCUT2D eigenvalue weighted by Crippen LogP contribution is 2.31. The lowest BCUT2D eigenvalue weighted by Gasteiger charge is -2.18. The van der Waals surface area contributed by atoms with Crippen LogP contribution in [0.4, 0.5) is 0 Å². The van der Waals surface area contributed by atoms with Gasteiger partial charge in [-0.1, -0.05) is 36.4 Å². The first-order valence-corrected chi connectivity index (χ1v) is 11.8. The van der Waals surface area contributed by atoms with E-state index < -0.39 is 0 Å². The number of hydrogen-bond donors (Lipinski definition) is 2. The van der Waals surface area contributed by atoms with Crippen molar-refractivity contribution in [2.24, 2.45) is 0 Å². The lowest BCUT2D eigenvalue weighted by atomic mass is 9.95. The number of fused-ring (bicyclic) bond motifs is 2. The van der Waals surface area contributed by atoms with Gasteiger partial charge in [0.1, 0.15) is 0 Å². The van der Waals surface area contributed by atoms with Gasteiger partial charge in [-0.05, 0) is 84.6 Å². The summed E-state index contributed by atoms with van der Waals surface area (Å²) >= 11 is 0. The van der Waals surface area contributed by atoms with Crippen LogP contribution in [-0.4, -0.2) is 16.5 Å². The van der Waals surface area contributed by atoms with E-state index in [0.29, 0.717) is 0 Å². The standard InChI is InChI=1S/C30H26N4/c1-20-5-4-7-29(34-20)30-27(6-2-3-13-32-30)23-10-11-28-24(16-23)17-26(19-33-28)22-9-8-21-12-14-31-18-25(21)15-22/h2-11,13,15-17,19,31-32H,12,14,18H2,1H3. The average Bonchev–Trinajstić information content (AvgIpc) is 3.14. The van der Waals surface area contributed by atoms with Crippen molar-refractivity contribution in [2.45, 2.75) is 19.9 Å². The van der Waals surface area contributed by atoms with Crippen LogP contribution in [0.3, 0.4) is 0 Å². The molecule has 0 radical (unpaired) electrons. The highest BCUT2D eigenvalue weighted by molar-refractivity contribution is 5.97. The fraction of sp³-hybridized carbons (Fsp3) is 0.133. The minimum Gasteiger partial charge on any atom is -0.359 e. The molecular weight excluding hydrogens is 416 g/mol. The van der Waals surface area contributed by atoms with Crippen LogP contribution in [0.1, 0.15) is 28.1 Å². The first-order valence-electron chi connectivity index (χ1n) is 11.8. The molecule has 0 amide bonds. The Labute approximate surface area is 199 Å². The number of nitrogens with one attached hydrogen (secondary N) is 2. The molecule has 2 aromatic carbocycles. The molecule has 4 nitrogen and oxygen atoms in total. The summed E-state index contributed by atoms with van der Waals surface area (Å²) in [7, 11) is 0. The number of aromatic nitrogens is 2. The van der Waals surface area contributed by atoms with Gasteiger partial charge in [0.15, 0.2) is 0 Å². The van der Waals surface area contributed by atoms with Gasteiger partial charge in [0.25, 0.3) is 0 Å². The summed E-state index contributed by atoms with van der Waals surface area (Å²) in [5.74, 6) is 0. The van der Waals surface area contributed by atoms with Gasteiger partial charge < -0.3 is 10.6 Å². The van der Waals surface area contributed by atoms with Crippen molar-refractivity contribution < 1.29 is 0 Å². The van der Waals surface area contributed by atoms with Gasteiger partial charge in [-0.15, -0.1) is 0 Å². The highest BCUT2D eigenvalue weighted by Gasteiger charge is 2.14. The Morgan fingerprint density at radius 2 is 1.76 bits per heavy atom. The van der Waals surface area contributed by atoms with E-state index in [1.807, 2.05) is 43.6 Å². The van der Waals surface area contributed by atoms with Crippen molar-refractivity contribution in [3.63, 3.8) is 0 Å². The molecule has 0 fully saturated rings. The third-order valence-electron chi connectivity index (χ3n) is 6.53. The van der Waals surface area contributed by atoms with E-state index in [2.05, 4.69) is 65.3 Å². The Kier molecular flexibility index (Phi) is 5.28. The molecule has 2 aliphatic heterocycles. The molecular formula is C30H26N4. The maximum atomic E-state index is 4.77. The van der Waals surface area contributed by atoms with E-state index >= 15 is 0 Å². The molecule has 0 bridgehead atoms. The van der Waals surface area contributed by atoms with E-state index in [-0.39, 0.29) is 0 Å². The Hall–Kier alpha value is -4.02. The molecule has 34 heavy (non-hydrogen) atoms. The third kappa shape index (κ3) is 3.93. The van der Waals surface area contributed by atoms with Crippen LogP contribution in [0.25, 0.3) is 33.3 Å². The highest BCUT2D eigenvalue weighted by atomic mass is 14.9. The van der Waals surface area contributed by atoms with Crippen LogP contribution < -0.4 is 10.6 Å². The second-order valence-corrected chi connectivity index (χ2v) is 8.86. The molecule has 0 spiro atoms. The topological polar surface area (TPSA) is 49.8 Å². The summed E-state index contributed by atoms with van der Waals surface area (Å²) < 4.78 is 0. The van der Waals surface area contributed by atoms with E-state index in [9.17, 15) is 0 Å². The van der Waals surface area contributed by atoms with Gasteiger partial charge in [0.05, 0.1) is 16.9 Å². The van der Waals surface area contributed by atoms with Crippen molar-refractivity contribution in [3.05, 3.63) is 119 Å². The SMILES string of the molecule is Cc1cccc(C2=C(c3ccc4ncc(-c5ccc6c(c5)CNCC6)cc4c3)C=CC=CN2)n1. The maximum Gasteiger partial charge on any atom is 0.0873 e. The molecule has 4 heteroatoms. The van der Waals surface area contributed by atoms with Crippen molar-refractivity contribution in [1.29, 1.82) is 0 Å². The predicted octanol–water partition coefficient (Wildman–Crippen LogP) is 5.79. The lowest BCUT2D eigenvalue weighted by molar-refractivity contribution is 0.644. The summed E-state index contributed by atoms with van der Waals surface area (Å²) in [6.45, 7) is 4.01. The van der Waals surface area contributed by atoms with E-state index in [0.717, 1.165) is 64.2 Å². The normalized spacial score (nSPS) is 15.2. The van der Waals surface area contributed by atoms with Crippen LogP contribution in [0.5, 0.6) is 0 Å². The summed E-state index contributed by atoms with van der Waals surface area (Å²) in [5.41, 5.74) is 11.4. The molecule has 2 aliphatic rings. The fourth-order valence-corrected chi connectivity index (χ4v) is 4.75. The predicted molar refractivity (Wildman–Crippen MR) is 140 cm³/mol. The molecule has 166 valence electrons. The first-order chi connectivity index (χ1) is 16.7. The van der Waals surface area contributed by atoms with E-state index in [1.165, 1.54) is 16.7 Å². The van der Waals surface area contributed by atoms with Crippen LogP contribution in [0.2, 0.25) is 0 Å². The number of benzene rings is 2. The second kappa shape index (κ2) is 8.73. The number of rotatable bonds is 3. The summed E-state index contributed by atoms with van der Waals surface area (Å²) in [5, 5.41) is 8.04. The molecule has 0 saturated heterocycles. The van der Waals surface area contributed by atoms with Crippen LogP contribution in [0, 0.1) is 6.92 Å². The number of allylic oxidation sites excluding steroid dienone is 4. The van der Waals surface area contributed by atoms with Crippen LogP contribution in [0.15, 0.2) is 91.3 Å². The molecule has 0 unspecified atom stereocenters. The van der Waals surface area contributed by atoms with Gasteiger partial charge in [0.2, 0.25) is 0 Å². The number of aryl methyl sites for hydroxylation is 1. The van der Waals surface area contributed by atoms with Crippen molar-refractivity contribution in [3.8, 4) is 11.1 Å². The number of hydrogen-bond acceptors (Lipinski definition) is 4. The summed E-state index contributed by atoms with van der Waals surface area (Å²) in [6, 6.07) is 21.6. The zero-order valence-corrected chi connectivity index (χ0v) is 19.2. The first kappa shape index (κ1) is 20.6. The zero-order chi connectivity index (χ0) is 22.9. The zero-order valence-electron chi connectivity index (χ0n) is 19.2. The molecule has 2 N–H and O–H groups in total. The summed E-state index contributed by atoms with van der Waals surface area (Å²) in [6.07, 6.45) is 11.2. The molecule has 4 heterocycles. The number of pyridine rings is 2. The van der Waals surface area contributed by atoms with E-state index in [1.54, 1.807) is 0 Å². The van der Waals surface area contributed by atoms with Crippen molar-refractivity contribution >= 4 is 22.2 Å². The summed E-state index contributed by atoms with van der Waals surface area (Å²) in [4.78, 5) is 9.53. The van der Waals surface area contributed by atoms with Crippen LogP contribution in [-0.2, 0) is 13.0 Å². The van der Waals surface area contributed by atoms with Crippen molar-refractivity contribution in [2.75, 3.05) is 6.54 Å². The quantitative estimate of drug-likeness (QED) is 0.422. The Morgan fingerprint density at radius 3 is 2.71 bits per heavy atom. The Balaban J connectivity index is 1.45. The van der Waals surface area contributed by atoms with Gasteiger partial charge in [0, 0.05) is 41.2 Å². The minimum absolute atomic E-state index is 0.931. The van der Waals surface area contributed by atoms with Gasteiger partial charge in [-0.2, -0.15) is 0 Å². The molecule has 6 rings (SSSR count). The molecule has 2 aromatic heterocycles.